The van der Waals surface area contributed by atoms with Crippen molar-refractivity contribution < 1.29 is 14.0 Å². The number of amides is 3. The molecule has 0 spiro atoms. The van der Waals surface area contributed by atoms with E-state index in [0.717, 1.165) is 18.6 Å². The number of hydrogen-bond acceptors (Lipinski definition) is 4. The van der Waals surface area contributed by atoms with Crippen molar-refractivity contribution >= 4 is 11.9 Å². The van der Waals surface area contributed by atoms with Crippen molar-refractivity contribution in [2.75, 3.05) is 27.2 Å². The van der Waals surface area contributed by atoms with Gasteiger partial charge in [0.2, 0.25) is 5.91 Å². The maximum atomic E-state index is 11.9. The summed E-state index contributed by atoms with van der Waals surface area (Å²) in [5.41, 5.74) is 0. The Hall–Kier alpha value is -2.02. The summed E-state index contributed by atoms with van der Waals surface area (Å²) in [6, 6.07) is 3.73. The van der Waals surface area contributed by atoms with Crippen LogP contribution in [0.15, 0.2) is 22.8 Å². The molecule has 0 saturated heterocycles. The fourth-order valence-corrected chi connectivity index (χ4v) is 2.93. The van der Waals surface area contributed by atoms with Gasteiger partial charge >= 0.3 is 6.03 Å². The molecule has 1 unspecified atom stereocenters. The van der Waals surface area contributed by atoms with Gasteiger partial charge < -0.3 is 20.4 Å². The average Bonchev–Trinajstić information content (AvgIpc) is 3.20. The number of hydrogen-bond donors (Lipinski definition) is 3. The van der Waals surface area contributed by atoms with Crippen LogP contribution in [0.2, 0.25) is 0 Å². The predicted molar refractivity (Wildman–Crippen MR) is 91.6 cm³/mol. The summed E-state index contributed by atoms with van der Waals surface area (Å²) >= 11 is 0. The van der Waals surface area contributed by atoms with E-state index in [9.17, 15) is 9.59 Å². The standard InChI is InChI=1S/C17H28N4O3/c1-21(2)14(15-8-5-11-24-15)12-19-17(23)18-10-9-16(22)20-13-6-3-4-7-13/h5,8,11,13-14H,3-4,6-7,9-10,12H2,1-2H3,(H,20,22)(H2,18,19,23). The highest BCUT2D eigenvalue weighted by molar-refractivity contribution is 5.78. The van der Waals surface area contributed by atoms with Crippen molar-refractivity contribution in [2.24, 2.45) is 0 Å². The topological polar surface area (TPSA) is 86.6 Å². The first-order valence-corrected chi connectivity index (χ1v) is 8.57. The Morgan fingerprint density at radius 1 is 1.29 bits per heavy atom. The minimum atomic E-state index is -0.276. The Kier molecular flexibility index (Phi) is 7.11. The monoisotopic (exact) mass is 336 g/mol. The molecule has 134 valence electrons. The summed E-state index contributed by atoms with van der Waals surface area (Å²) in [5.74, 6) is 0.806. The van der Waals surface area contributed by atoms with Gasteiger partial charge in [-0.25, -0.2) is 4.79 Å². The number of rotatable bonds is 8. The van der Waals surface area contributed by atoms with Crippen molar-refractivity contribution in [3.63, 3.8) is 0 Å². The van der Waals surface area contributed by atoms with Crippen LogP contribution in [0.25, 0.3) is 0 Å². The van der Waals surface area contributed by atoms with Crippen molar-refractivity contribution in [2.45, 2.75) is 44.2 Å². The highest BCUT2D eigenvalue weighted by Gasteiger charge is 2.18. The molecule has 1 aliphatic carbocycles. The second-order valence-corrected chi connectivity index (χ2v) is 6.43. The fraction of sp³-hybridized carbons (Fsp3) is 0.647. The van der Waals surface area contributed by atoms with E-state index in [1.807, 2.05) is 31.1 Å². The first-order valence-electron chi connectivity index (χ1n) is 8.57. The summed E-state index contributed by atoms with van der Waals surface area (Å²) in [6.07, 6.45) is 6.44. The molecule has 1 saturated carbocycles. The molecular weight excluding hydrogens is 308 g/mol. The smallest absolute Gasteiger partial charge is 0.314 e. The Morgan fingerprint density at radius 2 is 2.04 bits per heavy atom. The molecule has 0 aromatic carbocycles. The van der Waals surface area contributed by atoms with E-state index in [2.05, 4.69) is 16.0 Å². The van der Waals surface area contributed by atoms with Gasteiger partial charge in [-0.3, -0.25) is 9.69 Å². The summed E-state index contributed by atoms with van der Waals surface area (Å²) < 4.78 is 5.40. The maximum Gasteiger partial charge on any atom is 0.314 e. The summed E-state index contributed by atoms with van der Waals surface area (Å²) in [5, 5.41) is 8.54. The van der Waals surface area contributed by atoms with E-state index in [1.54, 1.807) is 6.26 Å². The largest absolute Gasteiger partial charge is 0.468 e. The van der Waals surface area contributed by atoms with Crippen LogP contribution in [0, 0.1) is 0 Å². The third kappa shape index (κ3) is 5.88. The number of nitrogens with zero attached hydrogens (tertiary/aromatic N) is 1. The fourth-order valence-electron chi connectivity index (χ4n) is 2.93. The lowest BCUT2D eigenvalue weighted by atomic mass is 10.2. The van der Waals surface area contributed by atoms with Gasteiger partial charge in [0.25, 0.3) is 0 Å². The van der Waals surface area contributed by atoms with Crippen molar-refractivity contribution in [3.8, 4) is 0 Å². The predicted octanol–water partition coefficient (Wildman–Crippen LogP) is 1.63. The van der Waals surface area contributed by atoms with Crippen LogP contribution in [0.1, 0.15) is 43.9 Å². The average molecular weight is 336 g/mol. The van der Waals surface area contributed by atoms with Gasteiger partial charge in [0, 0.05) is 25.6 Å². The minimum absolute atomic E-state index is 0.00366. The minimum Gasteiger partial charge on any atom is -0.468 e. The van der Waals surface area contributed by atoms with Crippen LogP contribution in [0.3, 0.4) is 0 Å². The Bertz CT molecular complexity index is 510. The van der Waals surface area contributed by atoms with Gasteiger partial charge in [-0.2, -0.15) is 0 Å². The first kappa shape index (κ1) is 18.3. The highest BCUT2D eigenvalue weighted by Crippen LogP contribution is 2.18. The van der Waals surface area contributed by atoms with Gasteiger partial charge in [0.1, 0.15) is 5.76 Å². The van der Waals surface area contributed by atoms with Crippen molar-refractivity contribution in [1.29, 1.82) is 0 Å². The molecule has 1 aromatic heterocycles. The number of nitrogens with one attached hydrogen (secondary N) is 3. The second kappa shape index (κ2) is 9.32. The lowest BCUT2D eigenvalue weighted by molar-refractivity contribution is -0.121. The molecule has 1 atom stereocenters. The molecule has 1 heterocycles. The summed E-state index contributed by atoms with van der Waals surface area (Å²) in [4.78, 5) is 25.6. The Balaban J connectivity index is 1.62. The number of furan rings is 1. The van der Waals surface area contributed by atoms with E-state index in [1.165, 1.54) is 12.8 Å². The van der Waals surface area contributed by atoms with E-state index >= 15 is 0 Å². The molecule has 0 radical (unpaired) electrons. The molecule has 2 rings (SSSR count). The molecule has 7 nitrogen and oxygen atoms in total. The summed E-state index contributed by atoms with van der Waals surface area (Å²) in [6.45, 7) is 0.762. The van der Waals surface area contributed by atoms with Crippen LogP contribution >= 0.6 is 0 Å². The zero-order chi connectivity index (χ0) is 17.4. The lowest BCUT2D eigenvalue weighted by Crippen LogP contribution is -2.42. The Labute approximate surface area is 143 Å². The van der Waals surface area contributed by atoms with E-state index in [0.29, 0.717) is 25.6 Å². The quantitative estimate of drug-likeness (QED) is 0.673. The van der Waals surface area contributed by atoms with Crippen molar-refractivity contribution in [1.82, 2.24) is 20.9 Å². The molecule has 0 bridgehead atoms. The number of carbonyl (C=O) groups excluding carboxylic acids is 2. The maximum absolute atomic E-state index is 11.9. The molecular formula is C17H28N4O3. The molecule has 7 heteroatoms. The zero-order valence-electron chi connectivity index (χ0n) is 14.5. The third-order valence-electron chi connectivity index (χ3n) is 4.31. The number of urea groups is 1. The first-order chi connectivity index (χ1) is 11.6. The van der Waals surface area contributed by atoms with Gasteiger partial charge in [0.15, 0.2) is 0 Å². The molecule has 1 fully saturated rings. The van der Waals surface area contributed by atoms with Crippen LogP contribution in [0.4, 0.5) is 4.79 Å². The van der Waals surface area contributed by atoms with Gasteiger partial charge in [0.05, 0.1) is 12.3 Å². The normalized spacial score (nSPS) is 16.1. The Morgan fingerprint density at radius 3 is 2.67 bits per heavy atom. The van der Waals surface area contributed by atoms with Crippen LogP contribution in [0.5, 0.6) is 0 Å². The lowest BCUT2D eigenvalue weighted by Gasteiger charge is -2.22. The van der Waals surface area contributed by atoms with Crippen molar-refractivity contribution in [3.05, 3.63) is 24.2 Å². The van der Waals surface area contributed by atoms with E-state index < -0.39 is 0 Å². The summed E-state index contributed by atoms with van der Waals surface area (Å²) in [7, 11) is 3.86. The zero-order valence-corrected chi connectivity index (χ0v) is 14.5. The molecule has 3 amide bonds. The van der Waals surface area contributed by atoms with E-state index in [4.69, 9.17) is 4.42 Å². The third-order valence-corrected chi connectivity index (χ3v) is 4.31. The van der Waals surface area contributed by atoms with Gasteiger partial charge in [-0.1, -0.05) is 12.8 Å². The molecule has 1 aromatic rings. The SMILES string of the molecule is CN(C)C(CNC(=O)NCCC(=O)NC1CCCC1)c1ccco1. The van der Waals surface area contributed by atoms with Crippen LogP contribution in [-0.4, -0.2) is 50.1 Å². The second-order valence-electron chi connectivity index (χ2n) is 6.43. The molecule has 0 aliphatic heterocycles. The van der Waals surface area contributed by atoms with Gasteiger partial charge in [-0.15, -0.1) is 0 Å². The number of likely N-dealkylation sites (N-methyl/N-ethyl adjacent to an activating group) is 1. The van der Waals surface area contributed by atoms with Crippen LogP contribution in [-0.2, 0) is 4.79 Å². The van der Waals surface area contributed by atoms with Gasteiger partial charge in [-0.05, 0) is 39.1 Å². The molecule has 3 N–H and O–H groups in total. The highest BCUT2D eigenvalue weighted by atomic mass is 16.3. The van der Waals surface area contributed by atoms with E-state index in [-0.39, 0.29) is 18.0 Å². The number of carbonyl (C=O) groups is 2. The molecule has 24 heavy (non-hydrogen) atoms. The van der Waals surface area contributed by atoms with Crippen LogP contribution < -0.4 is 16.0 Å². The molecule has 1 aliphatic rings.